The first-order valence-corrected chi connectivity index (χ1v) is 11.6. The molecular formula is C24H26ClNO8. The molecule has 6 atom stereocenters. The van der Waals surface area contributed by atoms with Crippen LogP contribution in [0.4, 0.5) is 0 Å². The summed E-state index contributed by atoms with van der Waals surface area (Å²) in [5.74, 6) is -1.90. The maximum absolute atomic E-state index is 13.0. The lowest BCUT2D eigenvalue weighted by Gasteiger charge is -2.40. The van der Waals surface area contributed by atoms with Crippen molar-refractivity contribution >= 4 is 34.1 Å². The Morgan fingerprint density at radius 3 is 2.56 bits per heavy atom. The van der Waals surface area contributed by atoms with Gasteiger partial charge in [-0.3, -0.25) is 9.59 Å². The van der Waals surface area contributed by atoms with Gasteiger partial charge in [-0.15, -0.1) is 0 Å². The Balaban J connectivity index is 1.62. The van der Waals surface area contributed by atoms with Crippen molar-refractivity contribution in [2.24, 2.45) is 5.92 Å². The molecule has 2 aromatic rings. The summed E-state index contributed by atoms with van der Waals surface area (Å²) in [6.45, 7) is 3.79. The van der Waals surface area contributed by atoms with E-state index >= 15 is 0 Å². The fourth-order valence-corrected chi connectivity index (χ4v) is 5.77. The summed E-state index contributed by atoms with van der Waals surface area (Å²) in [6.07, 6.45) is -2.80. The first-order chi connectivity index (χ1) is 16.1. The quantitative estimate of drug-likeness (QED) is 0.515. The molecule has 2 heterocycles. The normalized spacial score (nSPS) is 30.9. The number of carbonyl (C=O) groups is 2. The predicted octanol–water partition coefficient (Wildman–Crippen LogP) is 2.94. The number of halogens is 1. The van der Waals surface area contributed by atoms with Gasteiger partial charge in [-0.05, 0) is 24.5 Å². The summed E-state index contributed by atoms with van der Waals surface area (Å²) in [7, 11) is 1.51. The van der Waals surface area contributed by atoms with Crippen molar-refractivity contribution < 1.29 is 39.1 Å². The van der Waals surface area contributed by atoms with Crippen LogP contribution >= 0.6 is 11.6 Å². The molecule has 4 N–H and O–H groups in total. The van der Waals surface area contributed by atoms with Crippen LogP contribution in [-0.2, 0) is 20.8 Å². The molecule has 1 aliphatic carbocycles. The number of nitrogens with one attached hydrogen (secondary N) is 1. The van der Waals surface area contributed by atoms with Gasteiger partial charge < -0.3 is 34.8 Å². The molecule has 1 fully saturated rings. The molecule has 9 nitrogen and oxygen atoms in total. The Labute approximate surface area is 200 Å². The SMILES string of the molecule is CO[C@H]1[C@@H](O)CC(O[C@@H]2c3cc4c(Cl)c5c(c(O)c4c(O)c3C(=O)C[C@H]2C)C(=O)NC5)O[C@@H]1C. The van der Waals surface area contributed by atoms with Crippen molar-refractivity contribution in [2.75, 3.05) is 7.11 Å². The fraction of sp³-hybridized carbons (Fsp3) is 0.500. The molecule has 2 aliphatic heterocycles. The molecule has 3 aliphatic rings. The molecule has 182 valence electrons. The van der Waals surface area contributed by atoms with Gasteiger partial charge in [0.05, 0.1) is 39.8 Å². The van der Waals surface area contributed by atoms with E-state index in [2.05, 4.69) is 5.32 Å². The van der Waals surface area contributed by atoms with Crippen molar-refractivity contribution in [3.8, 4) is 11.5 Å². The number of rotatable bonds is 3. The number of hydrogen-bond donors (Lipinski definition) is 4. The molecule has 1 unspecified atom stereocenters. The number of hydrogen-bond acceptors (Lipinski definition) is 8. The Bertz CT molecular complexity index is 1200. The molecule has 1 saturated heterocycles. The van der Waals surface area contributed by atoms with Crippen molar-refractivity contribution in [3.05, 3.63) is 33.3 Å². The number of aliphatic hydroxyl groups is 1. The van der Waals surface area contributed by atoms with Gasteiger partial charge >= 0.3 is 0 Å². The number of phenols is 2. The van der Waals surface area contributed by atoms with Gasteiger partial charge in [0.15, 0.2) is 12.1 Å². The average molecular weight is 492 g/mol. The van der Waals surface area contributed by atoms with Crippen LogP contribution in [0.5, 0.6) is 11.5 Å². The van der Waals surface area contributed by atoms with E-state index in [1.165, 1.54) is 7.11 Å². The van der Waals surface area contributed by atoms with Crippen molar-refractivity contribution in [3.63, 3.8) is 0 Å². The Hall–Kier alpha value is -2.43. The number of methoxy groups -OCH3 is 1. The third-order valence-corrected chi connectivity index (χ3v) is 7.52. The van der Waals surface area contributed by atoms with Crippen molar-refractivity contribution in [2.45, 2.75) is 63.9 Å². The topological polar surface area (TPSA) is 135 Å². The lowest BCUT2D eigenvalue weighted by Crippen LogP contribution is -2.49. The van der Waals surface area contributed by atoms with Crippen molar-refractivity contribution in [1.82, 2.24) is 5.32 Å². The van der Waals surface area contributed by atoms with Crippen LogP contribution in [0.25, 0.3) is 10.8 Å². The predicted molar refractivity (Wildman–Crippen MR) is 121 cm³/mol. The second kappa shape index (κ2) is 8.35. The molecule has 2 aromatic carbocycles. The summed E-state index contributed by atoms with van der Waals surface area (Å²) in [5.41, 5.74) is 0.886. The van der Waals surface area contributed by atoms with Crippen LogP contribution in [0.15, 0.2) is 6.07 Å². The maximum atomic E-state index is 13.0. The molecular weight excluding hydrogens is 466 g/mol. The molecule has 34 heavy (non-hydrogen) atoms. The zero-order chi connectivity index (χ0) is 24.5. The third-order valence-electron chi connectivity index (χ3n) is 7.08. The summed E-state index contributed by atoms with van der Waals surface area (Å²) in [6, 6.07) is 1.63. The molecule has 5 rings (SSSR count). The Morgan fingerprint density at radius 2 is 1.88 bits per heavy atom. The van der Waals surface area contributed by atoms with E-state index in [1.807, 2.05) is 6.92 Å². The van der Waals surface area contributed by atoms with Crippen LogP contribution in [-0.4, -0.2) is 58.7 Å². The molecule has 0 radical (unpaired) electrons. The molecule has 0 aromatic heterocycles. The highest BCUT2D eigenvalue weighted by atomic mass is 35.5. The number of carbonyl (C=O) groups excluding carboxylic acids is 2. The Morgan fingerprint density at radius 1 is 1.18 bits per heavy atom. The Kier molecular flexibility index (Phi) is 5.73. The zero-order valence-electron chi connectivity index (χ0n) is 18.9. The second-order valence-corrected chi connectivity index (χ2v) is 9.62. The molecule has 1 amide bonds. The number of ketones is 1. The maximum Gasteiger partial charge on any atom is 0.255 e. The third kappa shape index (κ3) is 3.37. The number of Topliss-reactive ketones (excluding diaryl/α,β-unsaturated/α-hetero) is 1. The van der Waals surface area contributed by atoms with Crippen LogP contribution in [0.3, 0.4) is 0 Å². The van der Waals surface area contributed by atoms with E-state index in [0.717, 1.165) is 0 Å². The van der Waals surface area contributed by atoms with Crippen LogP contribution < -0.4 is 5.32 Å². The standard InChI is InChI=1S/C24H26ClNO8/c1-8-4-13(27)16-11(22(8)34-15-6-14(28)23(32-3)9(2)33-15)5-10-17(20(16)29)21(30)18-12(19(10)25)7-26-24(18)31/h5,8-9,14-15,22-23,28-30H,4,6-7H2,1-3H3,(H,26,31)/t8-,9-,14+,15?,22+,23-/m1/s1. The molecule has 0 spiro atoms. The van der Waals surface area contributed by atoms with E-state index in [9.17, 15) is 24.9 Å². The summed E-state index contributed by atoms with van der Waals surface area (Å²) < 4.78 is 17.5. The van der Waals surface area contributed by atoms with E-state index < -0.39 is 48.1 Å². The van der Waals surface area contributed by atoms with Gasteiger partial charge in [0.1, 0.15) is 17.6 Å². The fourth-order valence-electron chi connectivity index (χ4n) is 5.46. The number of amides is 1. The number of benzene rings is 2. The minimum absolute atomic E-state index is 0.00320. The van der Waals surface area contributed by atoms with Gasteiger partial charge in [0.2, 0.25) is 0 Å². The zero-order valence-corrected chi connectivity index (χ0v) is 19.7. The highest BCUT2D eigenvalue weighted by molar-refractivity contribution is 6.38. The summed E-state index contributed by atoms with van der Waals surface area (Å²) in [4.78, 5) is 25.2. The average Bonchev–Trinajstić information content (AvgIpc) is 3.16. The lowest BCUT2D eigenvalue weighted by atomic mass is 9.79. The number of fused-ring (bicyclic) bond motifs is 3. The first kappa shape index (κ1) is 23.3. The van der Waals surface area contributed by atoms with Gasteiger partial charge in [-0.25, -0.2) is 0 Å². The summed E-state index contributed by atoms with van der Waals surface area (Å²) >= 11 is 6.61. The van der Waals surface area contributed by atoms with E-state index in [0.29, 0.717) is 16.5 Å². The van der Waals surface area contributed by atoms with Gasteiger partial charge in [0, 0.05) is 37.4 Å². The number of phenolic OH excluding ortho intramolecular Hbond substituents is 2. The summed E-state index contributed by atoms with van der Waals surface area (Å²) in [5, 5.41) is 35.5. The minimum atomic E-state index is -0.789. The van der Waals surface area contributed by atoms with Crippen LogP contribution in [0.1, 0.15) is 64.6 Å². The van der Waals surface area contributed by atoms with Crippen LogP contribution in [0, 0.1) is 5.92 Å². The van der Waals surface area contributed by atoms with Crippen molar-refractivity contribution in [1.29, 1.82) is 0 Å². The minimum Gasteiger partial charge on any atom is -0.506 e. The van der Waals surface area contributed by atoms with E-state index in [4.69, 9.17) is 25.8 Å². The van der Waals surface area contributed by atoms with Gasteiger partial charge in [-0.1, -0.05) is 18.5 Å². The smallest absolute Gasteiger partial charge is 0.255 e. The van der Waals surface area contributed by atoms with E-state index in [1.54, 1.807) is 13.0 Å². The highest BCUT2D eigenvalue weighted by Crippen LogP contribution is 2.50. The first-order valence-electron chi connectivity index (χ1n) is 11.2. The molecule has 0 bridgehead atoms. The molecule has 10 heteroatoms. The lowest BCUT2D eigenvalue weighted by molar-refractivity contribution is -0.269. The van der Waals surface area contributed by atoms with Crippen LogP contribution in [0.2, 0.25) is 5.02 Å². The van der Waals surface area contributed by atoms with Gasteiger partial charge in [-0.2, -0.15) is 0 Å². The monoisotopic (exact) mass is 491 g/mol. The number of aliphatic hydroxyl groups excluding tert-OH is 1. The molecule has 0 saturated carbocycles. The second-order valence-electron chi connectivity index (χ2n) is 9.25. The number of aromatic hydroxyl groups is 2. The van der Waals surface area contributed by atoms with E-state index in [-0.39, 0.29) is 52.6 Å². The highest BCUT2D eigenvalue weighted by Gasteiger charge is 2.42. The largest absolute Gasteiger partial charge is 0.506 e. The number of ether oxygens (including phenoxy) is 3. The van der Waals surface area contributed by atoms with Gasteiger partial charge in [0.25, 0.3) is 5.91 Å².